The summed E-state index contributed by atoms with van der Waals surface area (Å²) >= 11 is 0. The molecule has 0 spiro atoms. The first-order chi connectivity index (χ1) is 15.4. The van der Waals surface area contributed by atoms with Crippen LogP contribution >= 0.6 is 0 Å². The van der Waals surface area contributed by atoms with Crippen molar-refractivity contribution in [3.8, 4) is 11.3 Å². The van der Waals surface area contributed by atoms with Crippen molar-refractivity contribution < 1.29 is 4.79 Å². The lowest BCUT2D eigenvalue weighted by Crippen LogP contribution is -2.37. The lowest BCUT2D eigenvalue weighted by Gasteiger charge is -2.11. The Morgan fingerprint density at radius 1 is 1.12 bits per heavy atom. The molecule has 0 bridgehead atoms. The lowest BCUT2D eigenvalue weighted by atomic mass is 10.1. The zero-order valence-electron chi connectivity index (χ0n) is 17.9. The van der Waals surface area contributed by atoms with Crippen LogP contribution in [0.5, 0.6) is 0 Å². The molecule has 1 aromatic carbocycles. The van der Waals surface area contributed by atoms with Crippen molar-refractivity contribution in [3.63, 3.8) is 0 Å². The SMILES string of the molecule is Cn1c(=O)c2c(ncn2CC(=O)Nc2ccccc2-c2cn3c(n2)CCCC3)n(C)c1=O. The number of para-hydroxylation sites is 1. The summed E-state index contributed by atoms with van der Waals surface area (Å²) in [6.45, 7) is 0.847. The van der Waals surface area contributed by atoms with Crippen LogP contribution in [0.1, 0.15) is 18.7 Å². The van der Waals surface area contributed by atoms with E-state index in [1.54, 1.807) is 7.05 Å². The number of imidazole rings is 2. The first-order valence-electron chi connectivity index (χ1n) is 10.5. The first kappa shape index (κ1) is 20.0. The van der Waals surface area contributed by atoms with Gasteiger partial charge in [-0.3, -0.25) is 18.7 Å². The van der Waals surface area contributed by atoms with Crippen LogP contribution in [-0.2, 0) is 38.4 Å². The van der Waals surface area contributed by atoms with Crippen LogP contribution < -0.4 is 16.6 Å². The zero-order chi connectivity index (χ0) is 22.4. The molecular weight excluding hydrogens is 410 g/mol. The van der Waals surface area contributed by atoms with Gasteiger partial charge in [0.25, 0.3) is 5.56 Å². The van der Waals surface area contributed by atoms with E-state index in [4.69, 9.17) is 4.98 Å². The van der Waals surface area contributed by atoms with E-state index in [0.717, 1.165) is 47.5 Å². The highest BCUT2D eigenvalue weighted by molar-refractivity contribution is 5.95. The van der Waals surface area contributed by atoms with Crippen LogP contribution in [0.25, 0.3) is 22.4 Å². The fourth-order valence-electron chi connectivity index (χ4n) is 4.22. The van der Waals surface area contributed by atoms with Crippen LogP contribution in [0.4, 0.5) is 5.69 Å². The Morgan fingerprint density at radius 2 is 1.94 bits per heavy atom. The summed E-state index contributed by atoms with van der Waals surface area (Å²) in [6, 6.07) is 7.53. The molecule has 0 atom stereocenters. The molecule has 1 N–H and O–H groups in total. The maximum atomic E-state index is 12.9. The molecule has 0 aliphatic carbocycles. The molecule has 0 saturated carbocycles. The second kappa shape index (κ2) is 7.63. The van der Waals surface area contributed by atoms with E-state index < -0.39 is 11.2 Å². The van der Waals surface area contributed by atoms with Crippen molar-refractivity contribution in [1.82, 2.24) is 28.2 Å². The number of hydrogen-bond donors (Lipinski definition) is 1. The van der Waals surface area contributed by atoms with Crippen LogP contribution in [0.3, 0.4) is 0 Å². The Bertz CT molecular complexity index is 1450. The number of nitrogens with zero attached hydrogens (tertiary/aromatic N) is 6. The molecule has 4 aromatic rings. The highest BCUT2D eigenvalue weighted by Gasteiger charge is 2.18. The molecule has 4 heterocycles. The molecule has 10 nitrogen and oxygen atoms in total. The van der Waals surface area contributed by atoms with Gasteiger partial charge in [-0.25, -0.2) is 14.8 Å². The largest absolute Gasteiger partial charge is 0.334 e. The van der Waals surface area contributed by atoms with E-state index >= 15 is 0 Å². The van der Waals surface area contributed by atoms with Crippen LogP contribution in [-0.4, -0.2) is 34.1 Å². The second-order valence-electron chi connectivity index (χ2n) is 8.04. The Balaban J connectivity index is 1.44. The number of aryl methyl sites for hydroxylation is 3. The summed E-state index contributed by atoms with van der Waals surface area (Å²) in [7, 11) is 2.95. The van der Waals surface area contributed by atoms with Gasteiger partial charge in [0.1, 0.15) is 12.4 Å². The minimum Gasteiger partial charge on any atom is -0.334 e. The lowest BCUT2D eigenvalue weighted by molar-refractivity contribution is -0.116. The molecule has 0 fully saturated rings. The van der Waals surface area contributed by atoms with Crippen molar-refractivity contribution in [2.75, 3.05) is 5.32 Å². The second-order valence-corrected chi connectivity index (χ2v) is 8.04. The first-order valence-corrected chi connectivity index (χ1v) is 10.5. The molecule has 10 heteroatoms. The minimum absolute atomic E-state index is 0.113. The number of benzene rings is 1. The van der Waals surface area contributed by atoms with Gasteiger partial charge in [0.15, 0.2) is 11.2 Å². The van der Waals surface area contributed by atoms with Gasteiger partial charge in [0.2, 0.25) is 5.91 Å². The molecular formula is C22H23N7O3. The Labute approximate surface area is 182 Å². The number of anilines is 1. The predicted molar refractivity (Wildman–Crippen MR) is 119 cm³/mol. The molecule has 1 aliphatic heterocycles. The Kier molecular flexibility index (Phi) is 4.76. The third kappa shape index (κ3) is 3.24. The quantitative estimate of drug-likeness (QED) is 0.521. The molecule has 0 radical (unpaired) electrons. The molecule has 5 rings (SSSR count). The van der Waals surface area contributed by atoms with Gasteiger partial charge in [-0.2, -0.15) is 0 Å². The molecule has 1 amide bonds. The zero-order valence-corrected chi connectivity index (χ0v) is 17.9. The van der Waals surface area contributed by atoms with E-state index in [9.17, 15) is 14.4 Å². The summed E-state index contributed by atoms with van der Waals surface area (Å²) in [6.07, 6.45) is 6.68. The van der Waals surface area contributed by atoms with Crippen molar-refractivity contribution in [1.29, 1.82) is 0 Å². The summed E-state index contributed by atoms with van der Waals surface area (Å²) in [5.41, 5.74) is 1.82. The number of carbonyl (C=O) groups is 1. The average molecular weight is 433 g/mol. The Hall–Kier alpha value is -3.95. The number of amides is 1. The summed E-state index contributed by atoms with van der Waals surface area (Å²) in [4.78, 5) is 46.5. The fraction of sp³-hybridized carbons (Fsp3) is 0.318. The highest BCUT2D eigenvalue weighted by atomic mass is 16.2. The smallest absolute Gasteiger partial charge is 0.332 e. The van der Waals surface area contributed by atoms with E-state index in [2.05, 4.69) is 14.9 Å². The summed E-state index contributed by atoms with van der Waals surface area (Å²) < 4.78 is 5.94. The third-order valence-electron chi connectivity index (χ3n) is 5.92. The van der Waals surface area contributed by atoms with Gasteiger partial charge < -0.3 is 14.5 Å². The molecule has 0 unspecified atom stereocenters. The highest BCUT2D eigenvalue weighted by Crippen LogP contribution is 2.29. The number of aromatic nitrogens is 6. The topological polar surface area (TPSA) is 109 Å². The third-order valence-corrected chi connectivity index (χ3v) is 5.92. The molecule has 0 saturated heterocycles. The number of nitrogens with one attached hydrogen (secondary N) is 1. The van der Waals surface area contributed by atoms with Gasteiger partial charge in [0.05, 0.1) is 17.7 Å². The summed E-state index contributed by atoms with van der Waals surface area (Å²) in [5.74, 6) is 0.760. The standard InChI is InChI=1S/C22H23N7O3/c1-26-20-19(21(31)27(2)22(26)32)29(13-23-20)12-18(30)25-15-8-4-3-7-14(15)16-11-28-10-6-5-9-17(28)24-16/h3-4,7-8,11,13H,5-6,9-10,12H2,1-2H3,(H,25,30). The predicted octanol–water partition coefficient (Wildman–Crippen LogP) is 1.27. The van der Waals surface area contributed by atoms with Gasteiger partial charge in [-0.05, 0) is 18.9 Å². The van der Waals surface area contributed by atoms with Gasteiger partial charge >= 0.3 is 5.69 Å². The van der Waals surface area contributed by atoms with Gasteiger partial charge in [-0.15, -0.1) is 0 Å². The monoisotopic (exact) mass is 433 g/mol. The van der Waals surface area contributed by atoms with Crippen molar-refractivity contribution in [3.05, 3.63) is 63.5 Å². The van der Waals surface area contributed by atoms with Crippen molar-refractivity contribution in [2.24, 2.45) is 14.1 Å². The average Bonchev–Trinajstić information content (AvgIpc) is 3.41. The van der Waals surface area contributed by atoms with Crippen LogP contribution in [0.2, 0.25) is 0 Å². The summed E-state index contributed by atoms with van der Waals surface area (Å²) in [5, 5.41) is 2.94. The fourth-order valence-corrected chi connectivity index (χ4v) is 4.22. The van der Waals surface area contributed by atoms with Crippen LogP contribution in [0, 0.1) is 0 Å². The molecule has 3 aromatic heterocycles. The molecule has 1 aliphatic rings. The maximum absolute atomic E-state index is 12.9. The number of fused-ring (bicyclic) bond motifs is 2. The van der Waals surface area contributed by atoms with Gasteiger partial charge in [-0.1, -0.05) is 18.2 Å². The van der Waals surface area contributed by atoms with E-state index in [1.807, 2.05) is 30.5 Å². The minimum atomic E-state index is -0.489. The number of hydrogen-bond acceptors (Lipinski definition) is 5. The normalized spacial score (nSPS) is 13.3. The van der Waals surface area contributed by atoms with Crippen molar-refractivity contribution >= 4 is 22.8 Å². The van der Waals surface area contributed by atoms with Gasteiger partial charge in [0, 0.05) is 38.8 Å². The molecule has 164 valence electrons. The van der Waals surface area contributed by atoms with E-state index in [-0.39, 0.29) is 23.6 Å². The van der Waals surface area contributed by atoms with Crippen LogP contribution in [0.15, 0.2) is 46.4 Å². The van der Waals surface area contributed by atoms with E-state index in [0.29, 0.717) is 5.69 Å². The molecule has 32 heavy (non-hydrogen) atoms. The maximum Gasteiger partial charge on any atom is 0.332 e. The number of rotatable bonds is 4. The van der Waals surface area contributed by atoms with E-state index in [1.165, 1.54) is 22.5 Å². The van der Waals surface area contributed by atoms with Crippen molar-refractivity contribution in [2.45, 2.75) is 32.4 Å². The number of carbonyl (C=O) groups excluding carboxylic acids is 1. The Morgan fingerprint density at radius 3 is 2.75 bits per heavy atom.